The summed E-state index contributed by atoms with van der Waals surface area (Å²) in [6.07, 6.45) is 2.32. The summed E-state index contributed by atoms with van der Waals surface area (Å²) in [5, 5.41) is 7.12. The van der Waals surface area contributed by atoms with Crippen molar-refractivity contribution in [2.24, 2.45) is 5.92 Å². The molecule has 1 heterocycles. The Morgan fingerprint density at radius 3 is 2.73 bits per heavy atom. The number of hydrogen-bond acceptors (Lipinski definition) is 3. The molecule has 1 aliphatic heterocycles. The monoisotopic (exact) mass is 363 g/mol. The first-order valence-corrected chi connectivity index (χ1v) is 8.44. The molecule has 1 atom stereocenters. The van der Waals surface area contributed by atoms with E-state index in [-0.39, 0.29) is 5.91 Å². The van der Waals surface area contributed by atoms with Crippen molar-refractivity contribution in [1.82, 2.24) is 10.2 Å². The minimum Gasteiger partial charge on any atom is -0.324 e. The summed E-state index contributed by atoms with van der Waals surface area (Å²) in [5.41, 5.74) is 0.491. The standard InChI is InChI=1S/C15H20Cl3N3O/c1-19-7-10-3-2-4-21(8-10)9-15(22)20-14-6-12(17)11(16)5-13(14)18/h5-6,10,19H,2-4,7-9H2,1H3,(H,20,22). The highest BCUT2D eigenvalue weighted by atomic mass is 35.5. The molecule has 2 N–H and O–H groups in total. The number of amides is 1. The molecule has 1 aromatic rings. The summed E-state index contributed by atoms with van der Waals surface area (Å²) in [6, 6.07) is 3.11. The van der Waals surface area contributed by atoms with E-state index in [4.69, 9.17) is 34.8 Å². The molecule has 1 saturated heterocycles. The maximum absolute atomic E-state index is 12.2. The molecule has 2 rings (SSSR count). The zero-order valence-corrected chi connectivity index (χ0v) is 14.7. The third-order valence-corrected chi connectivity index (χ3v) is 4.78. The Morgan fingerprint density at radius 1 is 1.27 bits per heavy atom. The van der Waals surface area contributed by atoms with Crippen LogP contribution in [0.1, 0.15) is 12.8 Å². The van der Waals surface area contributed by atoms with Gasteiger partial charge in [0.25, 0.3) is 0 Å². The smallest absolute Gasteiger partial charge is 0.238 e. The number of halogens is 3. The molecule has 1 amide bonds. The number of carbonyl (C=O) groups excluding carboxylic acids is 1. The lowest BCUT2D eigenvalue weighted by Crippen LogP contribution is -2.42. The fourth-order valence-electron chi connectivity index (χ4n) is 2.76. The summed E-state index contributed by atoms with van der Waals surface area (Å²) >= 11 is 17.9. The van der Waals surface area contributed by atoms with E-state index in [1.165, 1.54) is 12.5 Å². The van der Waals surface area contributed by atoms with Gasteiger partial charge in [0, 0.05) is 6.54 Å². The van der Waals surface area contributed by atoms with Crippen molar-refractivity contribution in [1.29, 1.82) is 0 Å². The number of piperidine rings is 1. The Labute approximate surface area is 146 Å². The molecule has 0 saturated carbocycles. The molecular formula is C15H20Cl3N3O. The Bertz CT molecular complexity index is 537. The predicted molar refractivity (Wildman–Crippen MR) is 93.2 cm³/mol. The lowest BCUT2D eigenvalue weighted by Gasteiger charge is -2.32. The quantitative estimate of drug-likeness (QED) is 0.786. The van der Waals surface area contributed by atoms with Gasteiger partial charge in [-0.2, -0.15) is 0 Å². The fraction of sp³-hybridized carbons (Fsp3) is 0.533. The highest BCUT2D eigenvalue weighted by Crippen LogP contribution is 2.32. The van der Waals surface area contributed by atoms with E-state index in [1.807, 2.05) is 7.05 Å². The van der Waals surface area contributed by atoms with Gasteiger partial charge in [0.1, 0.15) is 0 Å². The van der Waals surface area contributed by atoms with Gasteiger partial charge in [-0.15, -0.1) is 0 Å². The van der Waals surface area contributed by atoms with E-state index in [9.17, 15) is 4.79 Å². The average molecular weight is 365 g/mol. The number of carbonyl (C=O) groups is 1. The lowest BCUT2D eigenvalue weighted by molar-refractivity contribution is -0.117. The molecular weight excluding hydrogens is 345 g/mol. The Balaban J connectivity index is 1.91. The van der Waals surface area contributed by atoms with Crippen LogP contribution in [0.5, 0.6) is 0 Å². The van der Waals surface area contributed by atoms with Crippen molar-refractivity contribution in [2.45, 2.75) is 12.8 Å². The second kappa shape index (κ2) is 8.37. The third-order valence-electron chi connectivity index (χ3n) is 3.75. The van der Waals surface area contributed by atoms with Gasteiger partial charge in [-0.1, -0.05) is 34.8 Å². The van der Waals surface area contributed by atoms with Crippen molar-refractivity contribution in [2.75, 3.05) is 38.5 Å². The van der Waals surface area contributed by atoms with E-state index < -0.39 is 0 Å². The van der Waals surface area contributed by atoms with Crippen molar-refractivity contribution in [3.05, 3.63) is 27.2 Å². The molecule has 0 aliphatic carbocycles. The first-order chi connectivity index (χ1) is 10.5. The zero-order valence-electron chi connectivity index (χ0n) is 12.5. The van der Waals surface area contributed by atoms with Gasteiger partial charge in [-0.25, -0.2) is 0 Å². The highest BCUT2D eigenvalue weighted by molar-refractivity contribution is 6.44. The fourth-order valence-corrected chi connectivity index (χ4v) is 3.36. The van der Waals surface area contributed by atoms with Crippen LogP contribution in [-0.2, 0) is 4.79 Å². The van der Waals surface area contributed by atoms with Gasteiger partial charge in [0.15, 0.2) is 0 Å². The average Bonchev–Trinajstić information content (AvgIpc) is 2.45. The summed E-state index contributed by atoms with van der Waals surface area (Å²) < 4.78 is 0. The molecule has 0 bridgehead atoms. The number of hydrogen-bond donors (Lipinski definition) is 2. The third kappa shape index (κ3) is 5.00. The summed E-state index contributed by atoms with van der Waals surface area (Å²) in [4.78, 5) is 14.4. The van der Waals surface area contributed by atoms with Crippen LogP contribution in [0.15, 0.2) is 12.1 Å². The normalized spacial score (nSPS) is 19.2. The van der Waals surface area contributed by atoms with Crippen LogP contribution in [0.25, 0.3) is 0 Å². The number of nitrogens with one attached hydrogen (secondary N) is 2. The van der Waals surface area contributed by atoms with E-state index in [1.54, 1.807) is 6.07 Å². The second-order valence-corrected chi connectivity index (χ2v) is 6.82. The molecule has 1 fully saturated rings. The largest absolute Gasteiger partial charge is 0.324 e. The van der Waals surface area contributed by atoms with Crippen LogP contribution in [0.4, 0.5) is 5.69 Å². The molecule has 0 aromatic heterocycles. The first-order valence-electron chi connectivity index (χ1n) is 7.31. The van der Waals surface area contributed by atoms with Crippen LogP contribution in [0.3, 0.4) is 0 Å². The molecule has 0 radical (unpaired) electrons. The zero-order chi connectivity index (χ0) is 16.1. The molecule has 7 heteroatoms. The summed E-state index contributed by atoms with van der Waals surface area (Å²) in [6.45, 7) is 3.22. The van der Waals surface area contributed by atoms with Gasteiger partial charge < -0.3 is 10.6 Å². The van der Waals surface area contributed by atoms with E-state index in [0.717, 1.165) is 26.1 Å². The van der Waals surface area contributed by atoms with Crippen LogP contribution < -0.4 is 10.6 Å². The molecule has 1 aliphatic rings. The Morgan fingerprint density at radius 2 is 2.00 bits per heavy atom. The molecule has 22 heavy (non-hydrogen) atoms. The number of benzene rings is 1. The maximum atomic E-state index is 12.2. The molecule has 1 unspecified atom stereocenters. The van der Waals surface area contributed by atoms with Crippen molar-refractivity contribution < 1.29 is 4.79 Å². The summed E-state index contributed by atoms with van der Waals surface area (Å²) in [7, 11) is 1.96. The van der Waals surface area contributed by atoms with Crippen LogP contribution >= 0.6 is 34.8 Å². The highest BCUT2D eigenvalue weighted by Gasteiger charge is 2.21. The van der Waals surface area contributed by atoms with Crippen molar-refractivity contribution in [3.63, 3.8) is 0 Å². The van der Waals surface area contributed by atoms with Gasteiger partial charge in [0.2, 0.25) is 5.91 Å². The van der Waals surface area contributed by atoms with Crippen molar-refractivity contribution in [3.8, 4) is 0 Å². The topological polar surface area (TPSA) is 44.4 Å². The van der Waals surface area contributed by atoms with E-state index in [2.05, 4.69) is 15.5 Å². The maximum Gasteiger partial charge on any atom is 0.238 e. The van der Waals surface area contributed by atoms with Gasteiger partial charge >= 0.3 is 0 Å². The van der Waals surface area contributed by atoms with Crippen LogP contribution in [0, 0.1) is 5.92 Å². The Hall–Kier alpha value is -0.520. The minimum atomic E-state index is -0.0922. The number of likely N-dealkylation sites (tertiary alicyclic amines) is 1. The summed E-state index contributed by atoms with van der Waals surface area (Å²) in [5.74, 6) is 0.505. The molecule has 122 valence electrons. The Kier molecular flexibility index (Phi) is 6.78. The van der Waals surface area contributed by atoms with Gasteiger partial charge in [0.05, 0.1) is 27.3 Å². The van der Waals surface area contributed by atoms with Crippen molar-refractivity contribution >= 4 is 46.4 Å². The second-order valence-electron chi connectivity index (χ2n) is 5.60. The first kappa shape index (κ1) is 17.8. The van der Waals surface area contributed by atoms with Gasteiger partial charge in [-0.05, 0) is 51.0 Å². The van der Waals surface area contributed by atoms with Gasteiger partial charge in [-0.3, -0.25) is 9.69 Å². The molecule has 4 nitrogen and oxygen atoms in total. The minimum absolute atomic E-state index is 0.0922. The lowest BCUT2D eigenvalue weighted by atomic mass is 9.98. The number of nitrogens with zero attached hydrogens (tertiary/aromatic N) is 1. The van der Waals surface area contributed by atoms with Crippen LogP contribution in [-0.4, -0.2) is 44.0 Å². The van der Waals surface area contributed by atoms with E-state index in [0.29, 0.717) is 33.2 Å². The SMILES string of the molecule is CNCC1CCCN(CC(=O)Nc2cc(Cl)c(Cl)cc2Cl)C1. The van der Waals surface area contributed by atoms with E-state index >= 15 is 0 Å². The van der Waals surface area contributed by atoms with Crippen LogP contribution in [0.2, 0.25) is 15.1 Å². The predicted octanol–water partition coefficient (Wildman–Crippen LogP) is 3.52. The number of rotatable bonds is 5. The molecule has 1 aromatic carbocycles. The number of anilines is 1. The molecule has 0 spiro atoms.